The van der Waals surface area contributed by atoms with Crippen molar-refractivity contribution in [1.82, 2.24) is 5.32 Å². The highest BCUT2D eigenvalue weighted by atomic mass is 16.2. The Kier molecular flexibility index (Phi) is 2.66. The van der Waals surface area contributed by atoms with Crippen LogP contribution in [0.25, 0.3) is 0 Å². The van der Waals surface area contributed by atoms with E-state index in [-0.39, 0.29) is 18.2 Å². The number of hydrogen-bond acceptors (Lipinski definition) is 3. The topological polar surface area (TPSA) is 70.2 Å². The fourth-order valence-corrected chi connectivity index (χ4v) is 2.03. The lowest BCUT2D eigenvalue weighted by Crippen LogP contribution is -2.42. The molecule has 3 N–H and O–H groups in total. The van der Waals surface area contributed by atoms with Crippen LogP contribution >= 0.6 is 0 Å². The maximum absolute atomic E-state index is 11.8. The largest absolute Gasteiger partial charge is 0.372 e. The Morgan fingerprint density at radius 2 is 2.00 bits per heavy atom. The zero-order chi connectivity index (χ0) is 12.5. The Morgan fingerprint density at radius 3 is 2.72 bits per heavy atom. The first kappa shape index (κ1) is 11.1. The predicted octanol–water partition coefficient (Wildman–Crippen LogP) is 1.09. The van der Waals surface area contributed by atoms with E-state index in [2.05, 4.69) is 16.0 Å². The number of nitrogens with one attached hydrogen (secondary N) is 3. The van der Waals surface area contributed by atoms with Gasteiger partial charge in [0.25, 0.3) is 0 Å². The molecule has 3 rings (SSSR count). The van der Waals surface area contributed by atoms with E-state index >= 15 is 0 Å². The number of carbonyl (C=O) groups is 2. The number of carbonyl (C=O) groups excluding carboxylic acids is 2. The van der Waals surface area contributed by atoms with Crippen LogP contribution in [-0.4, -0.2) is 23.9 Å². The Morgan fingerprint density at radius 1 is 1.28 bits per heavy atom. The lowest BCUT2D eigenvalue weighted by molar-refractivity contribution is -0.125. The number of anilines is 2. The van der Waals surface area contributed by atoms with Crippen molar-refractivity contribution < 1.29 is 9.59 Å². The highest BCUT2D eigenvalue weighted by molar-refractivity contribution is 6.04. The quantitative estimate of drug-likeness (QED) is 0.746. The van der Waals surface area contributed by atoms with Crippen molar-refractivity contribution in [1.29, 1.82) is 0 Å². The second-order valence-corrected chi connectivity index (χ2v) is 4.78. The van der Waals surface area contributed by atoms with Crippen LogP contribution in [0, 0.1) is 0 Å². The van der Waals surface area contributed by atoms with Gasteiger partial charge in [-0.3, -0.25) is 9.59 Å². The first-order valence-corrected chi connectivity index (χ1v) is 6.18. The maximum Gasteiger partial charge on any atom is 0.247 e. The normalized spacial score (nSPS) is 21.6. The number of para-hydroxylation sites is 2. The van der Waals surface area contributed by atoms with Crippen molar-refractivity contribution in [2.75, 3.05) is 10.6 Å². The van der Waals surface area contributed by atoms with Gasteiger partial charge in [-0.1, -0.05) is 12.1 Å². The van der Waals surface area contributed by atoms with E-state index in [1.807, 2.05) is 24.3 Å². The summed E-state index contributed by atoms with van der Waals surface area (Å²) in [6.07, 6.45) is 2.29. The van der Waals surface area contributed by atoms with Gasteiger partial charge in [-0.15, -0.1) is 0 Å². The van der Waals surface area contributed by atoms with Gasteiger partial charge in [0.15, 0.2) is 0 Å². The van der Waals surface area contributed by atoms with Gasteiger partial charge >= 0.3 is 0 Å². The summed E-state index contributed by atoms with van der Waals surface area (Å²) in [7, 11) is 0. The third-order valence-corrected chi connectivity index (χ3v) is 3.16. The van der Waals surface area contributed by atoms with Crippen molar-refractivity contribution in [3.05, 3.63) is 24.3 Å². The van der Waals surface area contributed by atoms with Gasteiger partial charge < -0.3 is 16.0 Å². The van der Waals surface area contributed by atoms with Gasteiger partial charge in [-0.25, -0.2) is 0 Å². The summed E-state index contributed by atoms with van der Waals surface area (Å²) in [6.45, 7) is 0. The molecule has 5 nitrogen and oxygen atoms in total. The third kappa shape index (κ3) is 2.30. The molecule has 0 radical (unpaired) electrons. The van der Waals surface area contributed by atoms with Crippen LogP contribution in [0.1, 0.15) is 19.3 Å². The summed E-state index contributed by atoms with van der Waals surface area (Å²) in [5.74, 6) is -0.218. The Hall–Kier alpha value is -2.04. The fourth-order valence-electron chi connectivity index (χ4n) is 2.03. The molecule has 1 aliphatic heterocycles. The molecule has 2 aliphatic rings. The van der Waals surface area contributed by atoms with Crippen LogP contribution in [0.2, 0.25) is 0 Å². The summed E-state index contributed by atoms with van der Waals surface area (Å²) in [5.41, 5.74) is 1.63. The zero-order valence-electron chi connectivity index (χ0n) is 9.90. The van der Waals surface area contributed by atoms with Crippen molar-refractivity contribution >= 4 is 23.2 Å². The average molecular weight is 245 g/mol. The Labute approximate surface area is 105 Å². The van der Waals surface area contributed by atoms with E-state index in [0.29, 0.717) is 6.04 Å². The number of hydrogen-bond donors (Lipinski definition) is 3. The molecule has 0 bridgehead atoms. The van der Waals surface area contributed by atoms with Crippen LogP contribution in [0.4, 0.5) is 11.4 Å². The molecule has 1 heterocycles. The molecular formula is C13H15N3O2. The van der Waals surface area contributed by atoms with E-state index in [1.165, 1.54) is 0 Å². The molecule has 94 valence electrons. The van der Waals surface area contributed by atoms with E-state index < -0.39 is 6.04 Å². The summed E-state index contributed by atoms with van der Waals surface area (Å²) >= 11 is 0. The van der Waals surface area contributed by atoms with Crippen LogP contribution < -0.4 is 16.0 Å². The lowest BCUT2D eigenvalue weighted by atomic mass is 10.1. The number of rotatable bonds is 3. The van der Waals surface area contributed by atoms with Gasteiger partial charge in [0.05, 0.1) is 17.8 Å². The molecule has 0 spiro atoms. The lowest BCUT2D eigenvalue weighted by Gasteiger charge is -2.26. The van der Waals surface area contributed by atoms with Crippen LogP contribution in [0.5, 0.6) is 0 Å². The standard InChI is InChI=1S/C13H15N3O2/c17-12(14-8-5-6-8)7-11-13(18)16-10-4-2-1-3-9(10)15-11/h1-4,8,11,15H,5-7H2,(H,14,17)(H,16,18). The first-order chi connectivity index (χ1) is 8.72. The number of amides is 2. The number of benzene rings is 1. The molecule has 1 aliphatic carbocycles. The van der Waals surface area contributed by atoms with Gasteiger partial charge in [-0.05, 0) is 25.0 Å². The highest BCUT2D eigenvalue weighted by Crippen LogP contribution is 2.27. The molecule has 1 fully saturated rings. The van der Waals surface area contributed by atoms with Crippen molar-refractivity contribution in [2.45, 2.75) is 31.3 Å². The molecule has 18 heavy (non-hydrogen) atoms. The molecule has 2 amide bonds. The minimum Gasteiger partial charge on any atom is -0.372 e. The van der Waals surface area contributed by atoms with Gasteiger partial charge in [0.1, 0.15) is 6.04 Å². The average Bonchev–Trinajstić information content (AvgIpc) is 3.14. The van der Waals surface area contributed by atoms with Crippen LogP contribution in [0.3, 0.4) is 0 Å². The van der Waals surface area contributed by atoms with E-state index in [9.17, 15) is 9.59 Å². The summed E-state index contributed by atoms with van der Waals surface area (Å²) in [5, 5.41) is 8.79. The molecule has 0 aromatic heterocycles. The minimum absolute atomic E-state index is 0.0652. The van der Waals surface area contributed by atoms with Crippen molar-refractivity contribution in [2.24, 2.45) is 0 Å². The minimum atomic E-state index is -0.487. The molecule has 1 aromatic rings. The first-order valence-electron chi connectivity index (χ1n) is 6.18. The number of fused-ring (bicyclic) bond motifs is 1. The molecule has 1 saturated carbocycles. The van der Waals surface area contributed by atoms with Crippen LogP contribution in [0.15, 0.2) is 24.3 Å². The Balaban J connectivity index is 1.66. The van der Waals surface area contributed by atoms with Crippen molar-refractivity contribution in [3.63, 3.8) is 0 Å². The molecule has 1 atom stereocenters. The van der Waals surface area contributed by atoms with Gasteiger partial charge in [0, 0.05) is 6.04 Å². The van der Waals surface area contributed by atoms with Crippen molar-refractivity contribution in [3.8, 4) is 0 Å². The summed E-state index contributed by atoms with van der Waals surface area (Å²) < 4.78 is 0. The second kappa shape index (κ2) is 4.33. The SMILES string of the molecule is O=C(CC1Nc2ccccc2NC1=O)NC1CC1. The van der Waals surface area contributed by atoms with Gasteiger partial charge in [0.2, 0.25) is 11.8 Å². The molecule has 0 saturated heterocycles. The maximum atomic E-state index is 11.8. The van der Waals surface area contributed by atoms with E-state index in [1.54, 1.807) is 0 Å². The zero-order valence-corrected chi connectivity index (χ0v) is 9.90. The summed E-state index contributed by atoms with van der Waals surface area (Å²) in [4.78, 5) is 23.5. The molecular weight excluding hydrogens is 230 g/mol. The molecule has 1 unspecified atom stereocenters. The second-order valence-electron chi connectivity index (χ2n) is 4.78. The summed E-state index contributed by atoms with van der Waals surface area (Å²) in [6, 6.07) is 7.32. The third-order valence-electron chi connectivity index (χ3n) is 3.16. The van der Waals surface area contributed by atoms with Crippen LogP contribution in [-0.2, 0) is 9.59 Å². The highest BCUT2D eigenvalue weighted by Gasteiger charge is 2.29. The molecule has 5 heteroatoms. The van der Waals surface area contributed by atoms with E-state index in [0.717, 1.165) is 24.2 Å². The fraction of sp³-hybridized carbons (Fsp3) is 0.385. The smallest absolute Gasteiger partial charge is 0.247 e. The predicted molar refractivity (Wildman–Crippen MR) is 68.3 cm³/mol. The van der Waals surface area contributed by atoms with E-state index in [4.69, 9.17) is 0 Å². The Bertz CT molecular complexity index is 497. The van der Waals surface area contributed by atoms with Gasteiger partial charge in [-0.2, -0.15) is 0 Å². The molecule has 1 aromatic carbocycles. The monoisotopic (exact) mass is 245 g/mol.